The van der Waals surface area contributed by atoms with Gasteiger partial charge in [-0.05, 0) is 18.1 Å². The lowest BCUT2D eigenvalue weighted by Crippen LogP contribution is -2.22. The molecular weight excluding hydrogens is 334 g/mol. The molecule has 0 aliphatic rings. The Balaban J connectivity index is 2.06. The van der Waals surface area contributed by atoms with Gasteiger partial charge >= 0.3 is 0 Å². The van der Waals surface area contributed by atoms with Crippen molar-refractivity contribution < 1.29 is 0 Å². The average molecular weight is 359 g/mol. The number of pyridine rings is 1. The standard InChI is InChI=1S/C22H25N5/c1-2-3-13-19-26-20-21(16-11-7-8-12-17(16)25-22(20)24)27(19)18(14-23)15-9-5-4-6-10-15/h4-12,18H,2-3,13-14,23H2,1H3,(H2,24,25). The van der Waals surface area contributed by atoms with E-state index >= 15 is 0 Å². The largest absolute Gasteiger partial charge is 0.382 e. The molecule has 2 aromatic carbocycles. The summed E-state index contributed by atoms with van der Waals surface area (Å²) in [4.78, 5) is 9.48. The summed E-state index contributed by atoms with van der Waals surface area (Å²) in [5.41, 5.74) is 16.4. The number of nitrogens with zero attached hydrogens (tertiary/aromatic N) is 3. The molecule has 1 atom stereocenters. The van der Waals surface area contributed by atoms with Crippen LogP contribution in [0.15, 0.2) is 54.6 Å². The summed E-state index contributed by atoms with van der Waals surface area (Å²) in [5, 5.41) is 1.06. The highest BCUT2D eigenvalue weighted by Crippen LogP contribution is 2.33. The Morgan fingerprint density at radius 1 is 1.00 bits per heavy atom. The Morgan fingerprint density at radius 2 is 1.74 bits per heavy atom. The smallest absolute Gasteiger partial charge is 0.152 e. The third-order valence-corrected chi connectivity index (χ3v) is 5.10. The summed E-state index contributed by atoms with van der Waals surface area (Å²) in [6.45, 7) is 2.68. The molecule has 2 heterocycles. The summed E-state index contributed by atoms with van der Waals surface area (Å²) in [7, 11) is 0. The van der Waals surface area contributed by atoms with Gasteiger partial charge < -0.3 is 16.0 Å². The number of rotatable bonds is 6. The van der Waals surface area contributed by atoms with Crippen molar-refractivity contribution in [3.05, 3.63) is 66.0 Å². The predicted molar refractivity (Wildman–Crippen MR) is 112 cm³/mol. The van der Waals surface area contributed by atoms with E-state index in [1.165, 1.54) is 5.56 Å². The molecule has 5 nitrogen and oxygen atoms in total. The average Bonchev–Trinajstić information content (AvgIpc) is 3.08. The third-order valence-electron chi connectivity index (χ3n) is 5.10. The number of hydrogen-bond acceptors (Lipinski definition) is 4. The quantitative estimate of drug-likeness (QED) is 0.544. The summed E-state index contributed by atoms with van der Waals surface area (Å²) in [6, 6.07) is 18.5. The molecule has 0 saturated carbocycles. The van der Waals surface area contributed by atoms with Crippen LogP contribution in [-0.2, 0) is 6.42 Å². The summed E-state index contributed by atoms with van der Waals surface area (Å²) < 4.78 is 2.29. The molecule has 4 rings (SSSR count). The fourth-order valence-corrected chi connectivity index (χ4v) is 3.78. The monoisotopic (exact) mass is 359 g/mol. The highest BCUT2D eigenvalue weighted by atomic mass is 15.1. The van der Waals surface area contributed by atoms with Gasteiger partial charge in [0.25, 0.3) is 0 Å². The van der Waals surface area contributed by atoms with Crippen LogP contribution in [0.5, 0.6) is 0 Å². The summed E-state index contributed by atoms with van der Waals surface area (Å²) in [6.07, 6.45) is 3.07. The maximum Gasteiger partial charge on any atom is 0.152 e. The Hall–Kier alpha value is -2.92. The maximum atomic E-state index is 6.30. The molecule has 4 N–H and O–H groups in total. The second-order valence-corrected chi connectivity index (χ2v) is 6.88. The second kappa shape index (κ2) is 7.37. The van der Waals surface area contributed by atoms with Gasteiger partial charge in [0.05, 0.1) is 17.1 Å². The lowest BCUT2D eigenvalue weighted by molar-refractivity contribution is 0.572. The molecule has 27 heavy (non-hydrogen) atoms. The SMILES string of the molecule is CCCCc1nc2c(N)nc3ccccc3c2n1C(CN)c1ccccc1. The Kier molecular flexibility index (Phi) is 4.77. The minimum Gasteiger partial charge on any atom is -0.382 e. The first-order valence-corrected chi connectivity index (χ1v) is 9.54. The van der Waals surface area contributed by atoms with E-state index in [4.69, 9.17) is 16.5 Å². The van der Waals surface area contributed by atoms with Gasteiger partial charge in [0.1, 0.15) is 11.3 Å². The van der Waals surface area contributed by atoms with Crippen LogP contribution in [0.25, 0.3) is 21.9 Å². The molecule has 138 valence electrons. The molecule has 0 fully saturated rings. The van der Waals surface area contributed by atoms with E-state index < -0.39 is 0 Å². The van der Waals surface area contributed by atoms with E-state index in [0.29, 0.717) is 12.4 Å². The zero-order valence-electron chi connectivity index (χ0n) is 15.6. The van der Waals surface area contributed by atoms with E-state index in [1.54, 1.807) is 0 Å². The number of nitrogens with two attached hydrogens (primary N) is 2. The molecule has 1 unspecified atom stereocenters. The maximum absolute atomic E-state index is 6.30. The number of aryl methyl sites for hydroxylation is 1. The van der Waals surface area contributed by atoms with E-state index in [0.717, 1.165) is 47.0 Å². The van der Waals surface area contributed by atoms with E-state index in [1.807, 2.05) is 24.3 Å². The number of aromatic nitrogens is 3. The predicted octanol–water partition coefficient (Wildman–Crippen LogP) is 4.06. The molecule has 0 amide bonds. The first-order chi connectivity index (χ1) is 13.2. The van der Waals surface area contributed by atoms with Crippen molar-refractivity contribution in [2.45, 2.75) is 32.2 Å². The highest BCUT2D eigenvalue weighted by Gasteiger charge is 2.23. The van der Waals surface area contributed by atoms with Gasteiger partial charge in [-0.3, -0.25) is 0 Å². The van der Waals surface area contributed by atoms with E-state index in [9.17, 15) is 0 Å². The first-order valence-electron chi connectivity index (χ1n) is 9.54. The molecule has 2 aromatic heterocycles. The van der Waals surface area contributed by atoms with Gasteiger partial charge in [-0.2, -0.15) is 0 Å². The van der Waals surface area contributed by atoms with Gasteiger partial charge in [-0.15, -0.1) is 0 Å². The normalized spacial score (nSPS) is 12.7. The molecule has 0 bridgehead atoms. The lowest BCUT2D eigenvalue weighted by atomic mass is 10.1. The van der Waals surface area contributed by atoms with Crippen LogP contribution in [0.2, 0.25) is 0 Å². The van der Waals surface area contributed by atoms with Gasteiger partial charge in [-0.1, -0.05) is 61.9 Å². The minimum atomic E-state index is 0.00765. The summed E-state index contributed by atoms with van der Waals surface area (Å²) in [5.74, 6) is 1.50. The number of nitrogen functional groups attached to an aromatic ring is 1. The minimum absolute atomic E-state index is 0.00765. The summed E-state index contributed by atoms with van der Waals surface area (Å²) >= 11 is 0. The molecule has 0 spiro atoms. The van der Waals surface area contributed by atoms with Crippen LogP contribution in [-0.4, -0.2) is 21.1 Å². The molecule has 0 aliphatic carbocycles. The zero-order valence-corrected chi connectivity index (χ0v) is 15.6. The van der Waals surface area contributed by atoms with Crippen molar-refractivity contribution in [1.29, 1.82) is 0 Å². The number of imidazole rings is 1. The van der Waals surface area contributed by atoms with Crippen molar-refractivity contribution in [2.24, 2.45) is 5.73 Å². The number of hydrogen-bond donors (Lipinski definition) is 2. The number of fused-ring (bicyclic) bond motifs is 3. The Labute approximate surface area is 159 Å². The number of benzene rings is 2. The highest BCUT2D eigenvalue weighted by molar-refractivity contribution is 6.06. The topological polar surface area (TPSA) is 82.8 Å². The van der Waals surface area contributed by atoms with Gasteiger partial charge in [0.15, 0.2) is 5.82 Å². The molecule has 4 aromatic rings. The number of anilines is 1. The molecule has 0 saturated heterocycles. The van der Waals surface area contributed by atoms with Gasteiger partial charge in [-0.25, -0.2) is 9.97 Å². The van der Waals surface area contributed by atoms with Crippen molar-refractivity contribution >= 4 is 27.8 Å². The second-order valence-electron chi connectivity index (χ2n) is 6.88. The molecule has 0 aliphatic heterocycles. The first kappa shape index (κ1) is 17.5. The van der Waals surface area contributed by atoms with E-state index in [2.05, 4.69) is 46.8 Å². The van der Waals surface area contributed by atoms with Crippen molar-refractivity contribution in [1.82, 2.24) is 14.5 Å². The van der Waals surface area contributed by atoms with Crippen LogP contribution < -0.4 is 11.5 Å². The number of para-hydroxylation sites is 1. The van der Waals surface area contributed by atoms with Gasteiger partial charge in [0.2, 0.25) is 0 Å². The fraction of sp³-hybridized carbons (Fsp3) is 0.273. The number of unbranched alkanes of at least 4 members (excludes halogenated alkanes) is 1. The van der Waals surface area contributed by atoms with E-state index in [-0.39, 0.29) is 6.04 Å². The van der Waals surface area contributed by atoms with Crippen LogP contribution in [0.3, 0.4) is 0 Å². The van der Waals surface area contributed by atoms with Crippen molar-refractivity contribution in [3.8, 4) is 0 Å². The molecule has 5 heteroatoms. The fourth-order valence-electron chi connectivity index (χ4n) is 3.78. The van der Waals surface area contributed by atoms with Crippen LogP contribution >= 0.6 is 0 Å². The van der Waals surface area contributed by atoms with Gasteiger partial charge in [0, 0.05) is 18.4 Å². The Bertz CT molecular complexity index is 1070. The van der Waals surface area contributed by atoms with Crippen LogP contribution in [0.1, 0.15) is 37.2 Å². The van der Waals surface area contributed by atoms with Crippen LogP contribution in [0.4, 0.5) is 5.82 Å². The molecule has 0 radical (unpaired) electrons. The Morgan fingerprint density at radius 3 is 2.48 bits per heavy atom. The lowest BCUT2D eigenvalue weighted by Gasteiger charge is -2.21. The van der Waals surface area contributed by atoms with Crippen LogP contribution in [0, 0.1) is 0 Å². The zero-order chi connectivity index (χ0) is 18.8. The van der Waals surface area contributed by atoms with Crippen molar-refractivity contribution in [2.75, 3.05) is 12.3 Å². The van der Waals surface area contributed by atoms with Crippen molar-refractivity contribution in [3.63, 3.8) is 0 Å². The third kappa shape index (κ3) is 3.04. The molecular formula is C22H25N5.